The third-order valence-electron chi connectivity index (χ3n) is 3.58. The number of nitrogens with zero attached hydrogens (tertiary/aromatic N) is 2. The Balaban J connectivity index is 0.00000441. The van der Waals surface area contributed by atoms with Crippen LogP contribution in [-0.4, -0.2) is 55.5 Å². The molecule has 1 amide bonds. The quantitative estimate of drug-likeness (QED) is 0.248. The Morgan fingerprint density at radius 3 is 2.77 bits per heavy atom. The third kappa shape index (κ3) is 8.77. The normalized spacial score (nSPS) is 19.6. The largest absolute Gasteiger partial charge is 0.369 e. The Morgan fingerprint density at radius 2 is 2.18 bits per heavy atom. The number of nitrogens with two attached hydrogens (primary N) is 1. The van der Waals surface area contributed by atoms with Crippen molar-refractivity contribution in [3.63, 3.8) is 0 Å². The molecule has 7 heteroatoms. The topological polar surface area (TPSA) is 82.8 Å². The lowest BCUT2D eigenvalue weighted by atomic mass is 9.97. The summed E-state index contributed by atoms with van der Waals surface area (Å²) in [4.78, 5) is 18.1. The van der Waals surface area contributed by atoms with Crippen LogP contribution in [0.3, 0.4) is 0 Å². The van der Waals surface area contributed by atoms with Crippen LogP contribution < -0.4 is 16.4 Å². The summed E-state index contributed by atoms with van der Waals surface area (Å²) < 4.78 is 0. The fraction of sp³-hybridized carbons (Fsp3) is 0.867. The van der Waals surface area contributed by atoms with Gasteiger partial charge in [-0.25, -0.2) is 0 Å². The Hall–Kier alpha value is -0.570. The minimum Gasteiger partial charge on any atom is -0.369 e. The second-order valence-corrected chi connectivity index (χ2v) is 5.96. The van der Waals surface area contributed by atoms with E-state index in [0.29, 0.717) is 6.04 Å². The Bertz CT molecular complexity index is 349. The predicted molar refractivity (Wildman–Crippen MR) is 103 cm³/mol. The number of rotatable bonds is 7. The van der Waals surface area contributed by atoms with Crippen molar-refractivity contribution in [2.75, 3.05) is 32.7 Å². The van der Waals surface area contributed by atoms with Gasteiger partial charge in [0, 0.05) is 25.7 Å². The maximum Gasteiger partial charge on any atom is 0.221 e. The van der Waals surface area contributed by atoms with Crippen LogP contribution in [0.4, 0.5) is 0 Å². The molecule has 6 nitrogen and oxygen atoms in total. The van der Waals surface area contributed by atoms with E-state index in [1.807, 2.05) is 0 Å². The molecule has 1 unspecified atom stereocenters. The summed E-state index contributed by atoms with van der Waals surface area (Å²) in [6.45, 7) is 10.8. The van der Waals surface area contributed by atoms with E-state index in [4.69, 9.17) is 5.73 Å². The van der Waals surface area contributed by atoms with Crippen molar-refractivity contribution in [3.05, 3.63) is 0 Å². The Kier molecular flexibility index (Phi) is 11.6. The van der Waals surface area contributed by atoms with Crippen LogP contribution in [0.25, 0.3) is 0 Å². The summed E-state index contributed by atoms with van der Waals surface area (Å²) in [6.07, 6.45) is 3.00. The first kappa shape index (κ1) is 21.4. The molecule has 0 aromatic rings. The molecule has 1 rings (SSSR count). The Morgan fingerprint density at radius 1 is 1.45 bits per heavy atom. The van der Waals surface area contributed by atoms with E-state index in [2.05, 4.69) is 41.3 Å². The first-order chi connectivity index (χ1) is 10.0. The number of nitrogens with one attached hydrogen (secondary N) is 2. The molecule has 0 spiro atoms. The number of hydrogen-bond donors (Lipinski definition) is 3. The highest BCUT2D eigenvalue weighted by Gasteiger charge is 2.23. The highest BCUT2D eigenvalue weighted by Crippen LogP contribution is 2.15. The van der Waals surface area contributed by atoms with Crippen molar-refractivity contribution in [3.8, 4) is 0 Å². The van der Waals surface area contributed by atoms with Gasteiger partial charge in [-0.3, -0.25) is 9.79 Å². The van der Waals surface area contributed by atoms with Gasteiger partial charge in [-0.2, -0.15) is 0 Å². The van der Waals surface area contributed by atoms with Crippen LogP contribution >= 0.6 is 24.0 Å². The molecule has 0 bridgehead atoms. The highest BCUT2D eigenvalue weighted by atomic mass is 127. The minimum atomic E-state index is -0.159. The fourth-order valence-corrected chi connectivity index (χ4v) is 2.57. The van der Waals surface area contributed by atoms with Gasteiger partial charge in [0.1, 0.15) is 0 Å². The van der Waals surface area contributed by atoms with Crippen molar-refractivity contribution >= 4 is 35.8 Å². The van der Waals surface area contributed by atoms with Gasteiger partial charge in [0.2, 0.25) is 5.91 Å². The molecule has 130 valence electrons. The third-order valence-corrected chi connectivity index (χ3v) is 3.58. The number of piperidine rings is 1. The van der Waals surface area contributed by atoms with E-state index in [9.17, 15) is 4.79 Å². The first-order valence-corrected chi connectivity index (χ1v) is 8.09. The van der Waals surface area contributed by atoms with Crippen LogP contribution in [0.1, 0.15) is 40.0 Å². The van der Waals surface area contributed by atoms with E-state index in [-0.39, 0.29) is 35.8 Å². The van der Waals surface area contributed by atoms with Gasteiger partial charge < -0.3 is 21.3 Å². The van der Waals surface area contributed by atoms with Gasteiger partial charge in [0.05, 0.1) is 5.92 Å². The van der Waals surface area contributed by atoms with Gasteiger partial charge in [0.25, 0.3) is 0 Å². The molecule has 22 heavy (non-hydrogen) atoms. The molecule has 0 radical (unpaired) electrons. The molecule has 1 saturated heterocycles. The maximum atomic E-state index is 11.3. The van der Waals surface area contributed by atoms with Gasteiger partial charge in [0.15, 0.2) is 5.96 Å². The molecular formula is C15H32IN5O. The summed E-state index contributed by atoms with van der Waals surface area (Å²) in [5.41, 5.74) is 5.40. The van der Waals surface area contributed by atoms with Crippen molar-refractivity contribution in [1.29, 1.82) is 0 Å². The second-order valence-electron chi connectivity index (χ2n) is 5.96. The number of carbonyl (C=O) groups excluding carboxylic acids is 1. The number of guanidine groups is 1. The van der Waals surface area contributed by atoms with Crippen molar-refractivity contribution in [2.45, 2.75) is 46.1 Å². The fourth-order valence-electron chi connectivity index (χ4n) is 2.57. The summed E-state index contributed by atoms with van der Waals surface area (Å²) >= 11 is 0. The van der Waals surface area contributed by atoms with Gasteiger partial charge >= 0.3 is 0 Å². The number of amides is 1. The number of carbonyl (C=O) groups is 1. The minimum absolute atomic E-state index is 0. The maximum absolute atomic E-state index is 11.3. The molecule has 0 aliphatic carbocycles. The smallest absolute Gasteiger partial charge is 0.221 e. The molecule has 1 aliphatic rings. The molecule has 0 aromatic heterocycles. The second kappa shape index (κ2) is 11.9. The van der Waals surface area contributed by atoms with Crippen LogP contribution in [0.5, 0.6) is 0 Å². The lowest BCUT2D eigenvalue weighted by molar-refractivity contribution is -0.123. The number of aliphatic imine (C=N–C) groups is 1. The number of primary amides is 1. The zero-order valence-electron chi connectivity index (χ0n) is 14.1. The zero-order valence-corrected chi connectivity index (χ0v) is 16.4. The number of hydrogen-bond acceptors (Lipinski definition) is 3. The van der Waals surface area contributed by atoms with E-state index in [1.165, 1.54) is 0 Å². The van der Waals surface area contributed by atoms with Crippen molar-refractivity contribution in [2.24, 2.45) is 16.6 Å². The van der Waals surface area contributed by atoms with Gasteiger partial charge in [-0.05, 0) is 53.1 Å². The SMILES string of the molecule is CCNC(=NCCCN1CCCC(C(N)=O)C1)NC(C)C.I. The molecule has 1 aliphatic heterocycles. The molecule has 1 heterocycles. The molecule has 4 N–H and O–H groups in total. The summed E-state index contributed by atoms with van der Waals surface area (Å²) in [7, 11) is 0. The standard InChI is InChI=1S/C15H31N5O.HI/c1-4-17-15(19-12(2)3)18-8-6-10-20-9-5-7-13(11-20)14(16)21;/h12-13H,4-11H2,1-3H3,(H2,16,21)(H2,17,18,19);1H. The lowest BCUT2D eigenvalue weighted by Crippen LogP contribution is -2.42. The van der Waals surface area contributed by atoms with Crippen LogP contribution in [-0.2, 0) is 4.79 Å². The molecular weight excluding hydrogens is 393 g/mol. The summed E-state index contributed by atoms with van der Waals surface area (Å²) in [5, 5.41) is 6.54. The van der Waals surface area contributed by atoms with Crippen molar-refractivity contribution < 1.29 is 4.79 Å². The van der Waals surface area contributed by atoms with Gasteiger partial charge in [-0.1, -0.05) is 0 Å². The highest BCUT2D eigenvalue weighted by molar-refractivity contribution is 14.0. The lowest BCUT2D eigenvalue weighted by Gasteiger charge is -2.30. The predicted octanol–water partition coefficient (Wildman–Crippen LogP) is 1.16. The molecule has 1 atom stereocenters. The van der Waals surface area contributed by atoms with E-state index >= 15 is 0 Å². The number of likely N-dealkylation sites (tertiary alicyclic amines) is 1. The first-order valence-electron chi connectivity index (χ1n) is 8.09. The van der Waals surface area contributed by atoms with E-state index < -0.39 is 0 Å². The van der Waals surface area contributed by atoms with Crippen LogP contribution in [0.2, 0.25) is 0 Å². The molecule has 1 fully saturated rings. The Labute approximate surface area is 151 Å². The van der Waals surface area contributed by atoms with Crippen LogP contribution in [0, 0.1) is 5.92 Å². The average molecular weight is 425 g/mol. The molecule has 0 saturated carbocycles. The number of halogens is 1. The summed E-state index contributed by atoms with van der Waals surface area (Å²) in [6, 6.07) is 0.376. The van der Waals surface area contributed by atoms with Crippen LogP contribution in [0.15, 0.2) is 4.99 Å². The zero-order chi connectivity index (χ0) is 15.7. The van der Waals surface area contributed by atoms with Crippen molar-refractivity contribution in [1.82, 2.24) is 15.5 Å². The van der Waals surface area contributed by atoms with Gasteiger partial charge in [-0.15, -0.1) is 24.0 Å². The van der Waals surface area contributed by atoms with E-state index in [0.717, 1.165) is 57.9 Å². The average Bonchev–Trinajstić information content (AvgIpc) is 2.43. The molecule has 0 aromatic carbocycles. The summed E-state index contributed by atoms with van der Waals surface area (Å²) in [5.74, 6) is 0.747. The monoisotopic (exact) mass is 425 g/mol. The van der Waals surface area contributed by atoms with E-state index in [1.54, 1.807) is 0 Å².